The highest BCUT2D eigenvalue weighted by atomic mass is 16.5. The lowest BCUT2D eigenvalue weighted by atomic mass is 10.0. The standard InChI is InChI=1S/C21H26N2O2/c1-3-5-14-23-20(17-11-7-9-13-19(17)25-15-4-2)22-18-12-8-6-10-16(18)21(23)24/h6-13,20,22H,3-5,14-15H2,1-2H3. The number of amides is 1. The molecular weight excluding hydrogens is 312 g/mol. The van der Waals surface area contributed by atoms with Crippen molar-refractivity contribution in [2.45, 2.75) is 39.3 Å². The van der Waals surface area contributed by atoms with Gasteiger partial charge in [0.15, 0.2) is 0 Å². The molecule has 0 fully saturated rings. The van der Waals surface area contributed by atoms with Gasteiger partial charge in [-0.1, -0.05) is 50.6 Å². The molecule has 0 aromatic heterocycles. The molecule has 0 aliphatic carbocycles. The Labute approximate surface area is 149 Å². The third-order valence-corrected chi connectivity index (χ3v) is 4.45. The summed E-state index contributed by atoms with van der Waals surface area (Å²) >= 11 is 0. The molecule has 0 bridgehead atoms. The summed E-state index contributed by atoms with van der Waals surface area (Å²) < 4.78 is 5.94. The zero-order valence-corrected chi connectivity index (χ0v) is 15.0. The van der Waals surface area contributed by atoms with Crippen molar-refractivity contribution in [3.63, 3.8) is 0 Å². The fraction of sp³-hybridized carbons (Fsp3) is 0.381. The van der Waals surface area contributed by atoms with E-state index < -0.39 is 0 Å². The number of nitrogens with one attached hydrogen (secondary N) is 1. The molecule has 1 atom stereocenters. The number of benzene rings is 2. The number of nitrogens with zero attached hydrogens (tertiary/aromatic N) is 1. The Morgan fingerprint density at radius 1 is 1.04 bits per heavy atom. The number of hydrogen-bond acceptors (Lipinski definition) is 3. The third kappa shape index (κ3) is 3.63. The summed E-state index contributed by atoms with van der Waals surface area (Å²) in [6, 6.07) is 15.7. The molecule has 1 aliphatic rings. The van der Waals surface area contributed by atoms with Gasteiger partial charge in [0, 0.05) is 17.8 Å². The molecule has 25 heavy (non-hydrogen) atoms. The second-order valence-electron chi connectivity index (χ2n) is 6.33. The van der Waals surface area contributed by atoms with E-state index >= 15 is 0 Å². The zero-order valence-electron chi connectivity index (χ0n) is 15.0. The molecule has 132 valence electrons. The molecule has 1 amide bonds. The largest absolute Gasteiger partial charge is 0.493 e. The summed E-state index contributed by atoms with van der Waals surface area (Å²) in [6.45, 7) is 5.63. The van der Waals surface area contributed by atoms with Gasteiger partial charge in [0.1, 0.15) is 11.9 Å². The molecular formula is C21H26N2O2. The number of carbonyl (C=O) groups excluding carboxylic acids is 1. The first-order valence-corrected chi connectivity index (χ1v) is 9.14. The predicted molar refractivity (Wildman–Crippen MR) is 101 cm³/mol. The van der Waals surface area contributed by atoms with E-state index in [1.165, 1.54) is 0 Å². The van der Waals surface area contributed by atoms with Crippen molar-refractivity contribution in [2.75, 3.05) is 18.5 Å². The molecule has 1 N–H and O–H groups in total. The number of fused-ring (bicyclic) bond motifs is 1. The minimum atomic E-state index is -0.206. The fourth-order valence-corrected chi connectivity index (χ4v) is 3.15. The smallest absolute Gasteiger partial charge is 0.257 e. The van der Waals surface area contributed by atoms with Crippen LogP contribution in [0.4, 0.5) is 5.69 Å². The highest BCUT2D eigenvalue weighted by Crippen LogP contribution is 2.36. The predicted octanol–water partition coefficient (Wildman–Crippen LogP) is 4.84. The van der Waals surface area contributed by atoms with Crippen molar-refractivity contribution < 1.29 is 9.53 Å². The van der Waals surface area contributed by atoms with Crippen LogP contribution in [0.5, 0.6) is 5.75 Å². The van der Waals surface area contributed by atoms with Crippen LogP contribution in [-0.2, 0) is 0 Å². The molecule has 4 heteroatoms. The minimum Gasteiger partial charge on any atom is -0.493 e. The first kappa shape index (κ1) is 17.3. The summed E-state index contributed by atoms with van der Waals surface area (Å²) in [6.07, 6.45) is 2.77. The second kappa shape index (κ2) is 8.06. The highest BCUT2D eigenvalue weighted by molar-refractivity contribution is 6.01. The monoisotopic (exact) mass is 338 g/mol. The number of hydrogen-bond donors (Lipinski definition) is 1. The molecule has 0 saturated heterocycles. The third-order valence-electron chi connectivity index (χ3n) is 4.45. The number of unbranched alkanes of at least 4 members (excludes halogenated alkanes) is 1. The van der Waals surface area contributed by atoms with Gasteiger partial charge in [0.2, 0.25) is 0 Å². The van der Waals surface area contributed by atoms with Gasteiger partial charge in [-0.15, -0.1) is 0 Å². The fourth-order valence-electron chi connectivity index (χ4n) is 3.15. The lowest BCUT2D eigenvalue weighted by Crippen LogP contribution is -2.43. The van der Waals surface area contributed by atoms with Crippen LogP contribution in [0.2, 0.25) is 0 Å². The van der Waals surface area contributed by atoms with Crippen molar-refractivity contribution in [1.82, 2.24) is 4.90 Å². The maximum Gasteiger partial charge on any atom is 0.257 e. The van der Waals surface area contributed by atoms with Crippen molar-refractivity contribution in [3.05, 3.63) is 59.7 Å². The lowest BCUT2D eigenvalue weighted by Gasteiger charge is -2.38. The normalized spacial score (nSPS) is 16.3. The van der Waals surface area contributed by atoms with Gasteiger partial charge >= 0.3 is 0 Å². The van der Waals surface area contributed by atoms with Crippen LogP contribution < -0.4 is 10.1 Å². The van der Waals surface area contributed by atoms with Gasteiger partial charge in [-0.2, -0.15) is 0 Å². The zero-order chi connectivity index (χ0) is 17.6. The van der Waals surface area contributed by atoms with Crippen molar-refractivity contribution in [2.24, 2.45) is 0 Å². The van der Waals surface area contributed by atoms with Gasteiger partial charge in [0.05, 0.1) is 12.2 Å². The maximum atomic E-state index is 13.1. The molecule has 3 rings (SSSR count). The number of ether oxygens (including phenoxy) is 1. The van der Waals surface area contributed by atoms with Crippen LogP contribution in [0.1, 0.15) is 55.2 Å². The summed E-state index contributed by atoms with van der Waals surface area (Å²) in [5.41, 5.74) is 2.63. The SMILES string of the molecule is CCCCN1C(=O)c2ccccc2NC1c1ccccc1OCCC. The molecule has 0 saturated carbocycles. The quantitative estimate of drug-likeness (QED) is 0.785. The Bertz CT molecular complexity index is 729. The maximum absolute atomic E-state index is 13.1. The Hall–Kier alpha value is -2.49. The van der Waals surface area contributed by atoms with E-state index in [0.717, 1.165) is 48.4 Å². The van der Waals surface area contributed by atoms with E-state index in [0.29, 0.717) is 6.61 Å². The molecule has 0 spiro atoms. The van der Waals surface area contributed by atoms with Gasteiger partial charge in [-0.3, -0.25) is 4.79 Å². The summed E-state index contributed by atoms with van der Waals surface area (Å²) in [5, 5.41) is 3.54. The van der Waals surface area contributed by atoms with Crippen molar-refractivity contribution in [3.8, 4) is 5.75 Å². The molecule has 0 radical (unpaired) electrons. The number of rotatable bonds is 7. The summed E-state index contributed by atoms with van der Waals surface area (Å²) in [5.74, 6) is 0.925. The van der Waals surface area contributed by atoms with Crippen LogP contribution in [0.3, 0.4) is 0 Å². The Morgan fingerprint density at radius 3 is 2.60 bits per heavy atom. The molecule has 2 aromatic carbocycles. The van der Waals surface area contributed by atoms with E-state index in [2.05, 4.69) is 19.2 Å². The number of para-hydroxylation sites is 2. The van der Waals surface area contributed by atoms with E-state index in [4.69, 9.17) is 4.74 Å². The average molecular weight is 338 g/mol. The number of anilines is 1. The van der Waals surface area contributed by atoms with Gasteiger partial charge in [-0.05, 0) is 31.0 Å². The molecule has 1 heterocycles. The van der Waals surface area contributed by atoms with Crippen molar-refractivity contribution in [1.29, 1.82) is 0 Å². The van der Waals surface area contributed by atoms with Gasteiger partial charge < -0.3 is 15.0 Å². The lowest BCUT2D eigenvalue weighted by molar-refractivity contribution is 0.0678. The Morgan fingerprint density at radius 2 is 1.80 bits per heavy atom. The Kier molecular flexibility index (Phi) is 5.59. The van der Waals surface area contributed by atoms with E-state index in [1.807, 2.05) is 53.4 Å². The summed E-state index contributed by atoms with van der Waals surface area (Å²) in [4.78, 5) is 15.0. The summed E-state index contributed by atoms with van der Waals surface area (Å²) in [7, 11) is 0. The van der Waals surface area contributed by atoms with Crippen LogP contribution >= 0.6 is 0 Å². The Balaban J connectivity index is 1.99. The molecule has 4 nitrogen and oxygen atoms in total. The van der Waals surface area contributed by atoms with Crippen molar-refractivity contribution >= 4 is 11.6 Å². The minimum absolute atomic E-state index is 0.0816. The van der Waals surface area contributed by atoms with Gasteiger partial charge in [-0.25, -0.2) is 0 Å². The van der Waals surface area contributed by atoms with Crippen LogP contribution in [0, 0.1) is 0 Å². The molecule has 1 unspecified atom stereocenters. The second-order valence-corrected chi connectivity index (χ2v) is 6.33. The average Bonchev–Trinajstić information content (AvgIpc) is 2.66. The topological polar surface area (TPSA) is 41.6 Å². The van der Waals surface area contributed by atoms with Crippen LogP contribution in [-0.4, -0.2) is 24.0 Å². The highest BCUT2D eigenvalue weighted by Gasteiger charge is 2.33. The molecule has 1 aliphatic heterocycles. The first-order valence-electron chi connectivity index (χ1n) is 9.14. The van der Waals surface area contributed by atoms with Crippen LogP contribution in [0.15, 0.2) is 48.5 Å². The van der Waals surface area contributed by atoms with Gasteiger partial charge in [0.25, 0.3) is 5.91 Å². The van der Waals surface area contributed by atoms with E-state index in [9.17, 15) is 4.79 Å². The van der Waals surface area contributed by atoms with E-state index in [-0.39, 0.29) is 12.1 Å². The van der Waals surface area contributed by atoms with E-state index in [1.54, 1.807) is 0 Å². The van der Waals surface area contributed by atoms with Crippen LogP contribution in [0.25, 0.3) is 0 Å². The molecule has 2 aromatic rings. The number of carbonyl (C=O) groups is 1. The first-order chi connectivity index (χ1) is 12.3.